The van der Waals surface area contributed by atoms with Crippen molar-refractivity contribution in [2.24, 2.45) is 0 Å². The van der Waals surface area contributed by atoms with E-state index in [4.69, 9.17) is 18.7 Å². The first kappa shape index (κ1) is 23.6. The summed E-state index contributed by atoms with van der Waals surface area (Å²) in [6.45, 7) is 2.46. The quantitative estimate of drug-likeness (QED) is 0.255. The Labute approximate surface area is 201 Å². The average molecular weight is 476 g/mol. The smallest absolute Gasteiger partial charge is 0.293 e. The van der Waals surface area contributed by atoms with Gasteiger partial charge in [-0.2, -0.15) is 4.98 Å². The molecular weight excluding hydrogens is 452 g/mol. The first-order valence-corrected chi connectivity index (χ1v) is 10.7. The molecule has 0 unspecified atom stereocenters. The zero-order chi connectivity index (χ0) is 24.9. The number of hydrogen-bond acceptors (Lipinski definition) is 9. The molecule has 180 valence electrons. The van der Waals surface area contributed by atoms with Gasteiger partial charge in [0.1, 0.15) is 5.69 Å². The number of hydrogen-bond donors (Lipinski definition) is 1. The third kappa shape index (κ3) is 5.01. The van der Waals surface area contributed by atoms with Gasteiger partial charge in [0.25, 0.3) is 11.6 Å². The summed E-state index contributed by atoms with van der Waals surface area (Å²) >= 11 is 0. The van der Waals surface area contributed by atoms with Crippen molar-refractivity contribution < 1.29 is 23.7 Å². The Kier molecular flexibility index (Phi) is 6.81. The summed E-state index contributed by atoms with van der Waals surface area (Å²) in [7, 11) is 4.53. The molecule has 0 saturated carbocycles. The van der Waals surface area contributed by atoms with Crippen molar-refractivity contribution in [2.45, 2.75) is 13.5 Å². The van der Waals surface area contributed by atoms with Gasteiger partial charge in [-0.1, -0.05) is 35.0 Å². The maximum atomic E-state index is 11.7. The third-order valence-corrected chi connectivity index (χ3v) is 5.39. The van der Waals surface area contributed by atoms with Crippen LogP contribution < -0.4 is 19.5 Å². The zero-order valence-corrected chi connectivity index (χ0v) is 19.7. The second-order valence-electron chi connectivity index (χ2n) is 7.67. The lowest BCUT2D eigenvalue weighted by Gasteiger charge is -2.12. The molecular formula is C25H24N4O6. The van der Waals surface area contributed by atoms with Crippen LogP contribution in [0.5, 0.6) is 17.2 Å². The molecule has 0 saturated heterocycles. The predicted octanol–water partition coefficient (Wildman–Crippen LogP) is 5.26. The van der Waals surface area contributed by atoms with Gasteiger partial charge in [-0.25, -0.2) is 0 Å². The van der Waals surface area contributed by atoms with Crippen LogP contribution in [0.1, 0.15) is 11.1 Å². The number of nitrogens with zero attached hydrogens (tertiary/aromatic N) is 3. The molecule has 0 bridgehead atoms. The van der Waals surface area contributed by atoms with Crippen molar-refractivity contribution in [3.05, 3.63) is 75.8 Å². The lowest BCUT2D eigenvalue weighted by molar-refractivity contribution is -0.383. The van der Waals surface area contributed by atoms with E-state index in [0.29, 0.717) is 40.6 Å². The summed E-state index contributed by atoms with van der Waals surface area (Å²) in [4.78, 5) is 15.7. The molecule has 4 rings (SSSR count). The second kappa shape index (κ2) is 10.1. The van der Waals surface area contributed by atoms with Crippen LogP contribution in [0.3, 0.4) is 0 Å². The minimum absolute atomic E-state index is 0.0952. The van der Waals surface area contributed by atoms with Gasteiger partial charge in [-0.05, 0) is 36.8 Å². The lowest BCUT2D eigenvalue weighted by Crippen LogP contribution is -2.03. The van der Waals surface area contributed by atoms with E-state index in [1.807, 2.05) is 31.2 Å². The molecule has 10 heteroatoms. The van der Waals surface area contributed by atoms with Crippen LogP contribution in [0.2, 0.25) is 0 Å². The van der Waals surface area contributed by atoms with E-state index >= 15 is 0 Å². The Bertz CT molecular complexity index is 1330. The van der Waals surface area contributed by atoms with Gasteiger partial charge in [-0.3, -0.25) is 10.1 Å². The van der Waals surface area contributed by atoms with E-state index in [-0.39, 0.29) is 17.4 Å². The van der Waals surface area contributed by atoms with Crippen molar-refractivity contribution >= 4 is 11.4 Å². The highest BCUT2D eigenvalue weighted by molar-refractivity contribution is 5.72. The molecule has 0 spiro atoms. The average Bonchev–Trinajstić information content (AvgIpc) is 3.37. The van der Waals surface area contributed by atoms with Gasteiger partial charge >= 0.3 is 0 Å². The molecule has 0 radical (unpaired) electrons. The maximum Gasteiger partial charge on any atom is 0.293 e. The Morgan fingerprint density at radius 1 is 0.943 bits per heavy atom. The number of aromatic nitrogens is 2. The minimum atomic E-state index is -0.447. The van der Waals surface area contributed by atoms with Gasteiger partial charge in [0.15, 0.2) is 11.5 Å². The standard InChI is InChI=1S/C25H24N4O6/c1-15-5-7-16(8-6-15)14-26-19-10-9-17(11-20(19)29(30)31)25-27-24(28-35-25)18-12-21(32-2)23(34-4)22(13-18)33-3/h5-13,26H,14H2,1-4H3. The van der Waals surface area contributed by atoms with E-state index < -0.39 is 4.92 Å². The van der Waals surface area contributed by atoms with Crippen LogP contribution in [0, 0.1) is 17.0 Å². The molecule has 0 atom stereocenters. The SMILES string of the molecule is COc1cc(-c2noc(-c3ccc(NCc4ccc(C)cc4)c([N+](=O)[O-])c3)n2)cc(OC)c1OC. The Morgan fingerprint density at radius 3 is 2.23 bits per heavy atom. The lowest BCUT2D eigenvalue weighted by atomic mass is 10.1. The largest absolute Gasteiger partial charge is 0.493 e. The minimum Gasteiger partial charge on any atom is -0.493 e. The molecule has 4 aromatic rings. The van der Waals surface area contributed by atoms with E-state index in [0.717, 1.165) is 11.1 Å². The normalized spacial score (nSPS) is 10.6. The van der Waals surface area contributed by atoms with Crippen molar-refractivity contribution in [1.29, 1.82) is 0 Å². The first-order valence-electron chi connectivity index (χ1n) is 10.7. The fourth-order valence-electron chi connectivity index (χ4n) is 3.54. The van der Waals surface area contributed by atoms with E-state index in [1.54, 1.807) is 24.3 Å². The van der Waals surface area contributed by atoms with Crippen LogP contribution in [0.15, 0.2) is 59.1 Å². The maximum absolute atomic E-state index is 11.7. The molecule has 0 fully saturated rings. The first-order chi connectivity index (χ1) is 16.9. The fraction of sp³-hybridized carbons (Fsp3) is 0.200. The molecule has 0 amide bonds. The van der Waals surface area contributed by atoms with E-state index in [9.17, 15) is 10.1 Å². The van der Waals surface area contributed by atoms with Gasteiger partial charge in [0, 0.05) is 23.7 Å². The van der Waals surface area contributed by atoms with Crippen molar-refractivity contribution in [3.63, 3.8) is 0 Å². The number of anilines is 1. The van der Waals surface area contributed by atoms with E-state index in [1.165, 1.54) is 27.4 Å². The Hall–Kier alpha value is -4.60. The summed E-state index contributed by atoms with van der Waals surface area (Å²) in [5.74, 6) is 1.72. The molecule has 3 aromatic carbocycles. The number of methoxy groups -OCH3 is 3. The number of ether oxygens (including phenoxy) is 3. The number of nitrogens with one attached hydrogen (secondary N) is 1. The fourth-order valence-corrected chi connectivity index (χ4v) is 3.54. The van der Waals surface area contributed by atoms with Gasteiger partial charge < -0.3 is 24.1 Å². The van der Waals surface area contributed by atoms with Gasteiger partial charge in [0.05, 0.1) is 26.3 Å². The van der Waals surface area contributed by atoms with Crippen LogP contribution in [-0.2, 0) is 6.54 Å². The molecule has 0 aliphatic heterocycles. The summed E-state index contributed by atoms with van der Waals surface area (Å²) in [6, 6.07) is 16.1. The van der Waals surface area contributed by atoms with Crippen molar-refractivity contribution in [1.82, 2.24) is 10.1 Å². The molecule has 1 heterocycles. The molecule has 35 heavy (non-hydrogen) atoms. The summed E-state index contributed by atoms with van der Waals surface area (Å²) in [5, 5.41) is 18.9. The predicted molar refractivity (Wildman–Crippen MR) is 130 cm³/mol. The van der Waals surface area contributed by atoms with Gasteiger partial charge in [0.2, 0.25) is 11.6 Å². The van der Waals surface area contributed by atoms with Crippen LogP contribution >= 0.6 is 0 Å². The topological polar surface area (TPSA) is 122 Å². The van der Waals surface area contributed by atoms with Crippen molar-refractivity contribution in [2.75, 3.05) is 26.6 Å². The third-order valence-electron chi connectivity index (χ3n) is 5.39. The number of aryl methyl sites for hydroxylation is 1. The van der Waals surface area contributed by atoms with Crippen molar-refractivity contribution in [3.8, 4) is 40.1 Å². The highest BCUT2D eigenvalue weighted by Gasteiger charge is 2.20. The molecule has 1 aromatic heterocycles. The van der Waals surface area contributed by atoms with Gasteiger partial charge in [-0.15, -0.1) is 0 Å². The summed E-state index contributed by atoms with van der Waals surface area (Å²) < 4.78 is 21.5. The van der Waals surface area contributed by atoms with E-state index in [2.05, 4.69) is 15.5 Å². The Morgan fingerprint density at radius 2 is 1.63 bits per heavy atom. The number of benzene rings is 3. The monoisotopic (exact) mass is 476 g/mol. The summed E-state index contributed by atoms with van der Waals surface area (Å²) in [5.41, 5.74) is 3.45. The zero-order valence-electron chi connectivity index (χ0n) is 19.7. The highest BCUT2D eigenvalue weighted by atomic mass is 16.6. The number of nitro groups is 1. The van der Waals surface area contributed by atoms with Crippen LogP contribution in [0.25, 0.3) is 22.8 Å². The Balaban J connectivity index is 1.62. The summed E-state index contributed by atoms with van der Waals surface area (Å²) in [6.07, 6.45) is 0. The molecule has 0 aliphatic rings. The molecule has 1 N–H and O–H groups in total. The van der Waals surface area contributed by atoms with Crippen LogP contribution in [-0.4, -0.2) is 36.4 Å². The number of rotatable bonds is 9. The second-order valence-corrected chi connectivity index (χ2v) is 7.67. The highest BCUT2D eigenvalue weighted by Crippen LogP contribution is 2.41. The molecule has 10 nitrogen and oxygen atoms in total. The van der Waals surface area contributed by atoms with Crippen LogP contribution in [0.4, 0.5) is 11.4 Å². The number of nitro benzene ring substituents is 1. The molecule has 0 aliphatic carbocycles.